The fourth-order valence-electron chi connectivity index (χ4n) is 2.95. The zero-order valence-electron chi connectivity index (χ0n) is 14.5. The average molecular weight is 351 g/mol. The van der Waals surface area contributed by atoms with Crippen molar-refractivity contribution in [2.24, 2.45) is 0 Å². The first-order valence-electron chi connectivity index (χ1n) is 8.22. The standard InChI is InChI=1S/C17H25N3O5/c1-24-15(25-2)11-18-16(21)19-14-6-4-3-5-13(14)12-7-9-20(10-8-12)17(22)23/h3-6,12,15H,7-11H2,1-2H3,(H,22,23)(H2,18,19,21). The summed E-state index contributed by atoms with van der Waals surface area (Å²) in [6.07, 6.45) is 0.0979. The van der Waals surface area contributed by atoms with Crippen molar-refractivity contribution in [3.8, 4) is 0 Å². The SMILES string of the molecule is COC(CNC(=O)Nc1ccccc1C1CCN(C(=O)O)CC1)OC. The average Bonchev–Trinajstić information content (AvgIpc) is 2.63. The zero-order valence-corrected chi connectivity index (χ0v) is 14.5. The Kier molecular flexibility index (Phi) is 7.03. The highest BCUT2D eigenvalue weighted by molar-refractivity contribution is 5.90. The Morgan fingerprint density at radius 2 is 1.88 bits per heavy atom. The largest absolute Gasteiger partial charge is 0.465 e. The van der Waals surface area contributed by atoms with Crippen LogP contribution < -0.4 is 10.6 Å². The second kappa shape index (κ2) is 9.24. The lowest BCUT2D eigenvalue weighted by atomic mass is 9.88. The van der Waals surface area contributed by atoms with E-state index in [0.29, 0.717) is 13.1 Å². The number of carbonyl (C=O) groups excluding carboxylic acids is 1. The molecule has 0 aromatic heterocycles. The number of piperidine rings is 1. The highest BCUT2D eigenvalue weighted by atomic mass is 16.7. The molecular formula is C17H25N3O5. The number of urea groups is 1. The number of rotatable bonds is 6. The predicted molar refractivity (Wildman–Crippen MR) is 92.8 cm³/mol. The molecule has 1 fully saturated rings. The predicted octanol–water partition coefficient (Wildman–Crippen LogP) is 2.28. The molecule has 1 aliphatic heterocycles. The maximum absolute atomic E-state index is 12.1. The van der Waals surface area contributed by atoms with Crippen LogP contribution in [0.4, 0.5) is 15.3 Å². The Morgan fingerprint density at radius 3 is 2.48 bits per heavy atom. The summed E-state index contributed by atoms with van der Waals surface area (Å²) in [4.78, 5) is 24.6. The molecule has 8 nitrogen and oxygen atoms in total. The van der Waals surface area contributed by atoms with E-state index in [1.807, 2.05) is 24.3 Å². The minimum absolute atomic E-state index is 0.220. The molecule has 2 rings (SSSR count). The van der Waals surface area contributed by atoms with E-state index < -0.39 is 12.4 Å². The molecular weight excluding hydrogens is 326 g/mol. The number of para-hydroxylation sites is 1. The van der Waals surface area contributed by atoms with Crippen LogP contribution in [0, 0.1) is 0 Å². The van der Waals surface area contributed by atoms with Crippen LogP contribution >= 0.6 is 0 Å². The minimum Gasteiger partial charge on any atom is -0.465 e. The smallest absolute Gasteiger partial charge is 0.407 e. The van der Waals surface area contributed by atoms with Crippen LogP contribution in [0.5, 0.6) is 0 Å². The Morgan fingerprint density at radius 1 is 1.24 bits per heavy atom. The molecule has 0 spiro atoms. The first kappa shape index (κ1) is 19.0. The summed E-state index contributed by atoms with van der Waals surface area (Å²) in [6, 6.07) is 7.27. The molecule has 3 N–H and O–H groups in total. The molecule has 8 heteroatoms. The van der Waals surface area contributed by atoms with Crippen LogP contribution in [0.1, 0.15) is 24.3 Å². The van der Waals surface area contributed by atoms with Gasteiger partial charge >= 0.3 is 12.1 Å². The lowest BCUT2D eigenvalue weighted by Gasteiger charge is -2.31. The van der Waals surface area contributed by atoms with Gasteiger partial charge in [-0.25, -0.2) is 9.59 Å². The third-order valence-electron chi connectivity index (χ3n) is 4.37. The van der Waals surface area contributed by atoms with Crippen molar-refractivity contribution in [1.29, 1.82) is 0 Å². The normalized spacial score (nSPS) is 15.2. The highest BCUT2D eigenvalue weighted by Gasteiger charge is 2.25. The number of benzene rings is 1. The molecule has 1 aromatic rings. The van der Waals surface area contributed by atoms with Crippen LogP contribution in [0.15, 0.2) is 24.3 Å². The summed E-state index contributed by atoms with van der Waals surface area (Å²) in [5, 5.41) is 14.6. The van der Waals surface area contributed by atoms with Crippen molar-refractivity contribution in [2.45, 2.75) is 25.0 Å². The lowest BCUT2D eigenvalue weighted by molar-refractivity contribution is -0.0970. The quantitative estimate of drug-likeness (QED) is 0.683. The van der Waals surface area contributed by atoms with Gasteiger partial charge in [-0.2, -0.15) is 0 Å². The van der Waals surface area contributed by atoms with E-state index in [-0.39, 0.29) is 18.5 Å². The number of anilines is 1. The molecule has 0 bridgehead atoms. The van der Waals surface area contributed by atoms with Crippen LogP contribution in [0.2, 0.25) is 0 Å². The zero-order chi connectivity index (χ0) is 18.2. The first-order valence-corrected chi connectivity index (χ1v) is 8.22. The fourth-order valence-corrected chi connectivity index (χ4v) is 2.95. The number of likely N-dealkylation sites (tertiary alicyclic amines) is 1. The van der Waals surface area contributed by atoms with E-state index in [9.17, 15) is 9.59 Å². The summed E-state index contributed by atoms with van der Waals surface area (Å²) in [6.45, 7) is 1.24. The number of amides is 3. The third kappa shape index (κ3) is 5.33. The number of hydrogen-bond acceptors (Lipinski definition) is 4. The summed E-state index contributed by atoms with van der Waals surface area (Å²) in [5.41, 5.74) is 1.76. The molecule has 0 saturated carbocycles. The van der Waals surface area contributed by atoms with Crippen LogP contribution in [0.25, 0.3) is 0 Å². The van der Waals surface area contributed by atoms with Gasteiger partial charge in [-0.1, -0.05) is 18.2 Å². The monoisotopic (exact) mass is 351 g/mol. The summed E-state index contributed by atoms with van der Waals surface area (Å²) < 4.78 is 10.1. The number of ether oxygens (including phenoxy) is 2. The van der Waals surface area contributed by atoms with Gasteiger partial charge in [0.1, 0.15) is 0 Å². The summed E-state index contributed by atoms with van der Waals surface area (Å²) in [7, 11) is 3.01. The molecule has 1 saturated heterocycles. The van der Waals surface area contributed by atoms with Gasteiger partial charge < -0.3 is 30.1 Å². The summed E-state index contributed by atoms with van der Waals surface area (Å²) >= 11 is 0. The van der Waals surface area contributed by atoms with Gasteiger partial charge in [-0.05, 0) is 30.4 Å². The molecule has 1 heterocycles. The Labute approximate surface area is 147 Å². The molecule has 0 aliphatic carbocycles. The van der Waals surface area contributed by atoms with E-state index in [1.165, 1.54) is 19.1 Å². The van der Waals surface area contributed by atoms with Crippen LogP contribution in [-0.4, -0.2) is 62.3 Å². The Hall–Kier alpha value is -2.32. The van der Waals surface area contributed by atoms with Gasteiger partial charge in [-0.3, -0.25) is 0 Å². The van der Waals surface area contributed by atoms with Crippen molar-refractivity contribution in [1.82, 2.24) is 10.2 Å². The van der Waals surface area contributed by atoms with E-state index in [0.717, 1.165) is 24.1 Å². The van der Waals surface area contributed by atoms with E-state index >= 15 is 0 Å². The van der Waals surface area contributed by atoms with E-state index in [1.54, 1.807) is 0 Å². The molecule has 3 amide bonds. The first-order chi connectivity index (χ1) is 12.0. The second-order valence-electron chi connectivity index (χ2n) is 5.87. The van der Waals surface area contributed by atoms with Crippen molar-refractivity contribution in [3.05, 3.63) is 29.8 Å². The fraction of sp³-hybridized carbons (Fsp3) is 0.529. The van der Waals surface area contributed by atoms with Crippen LogP contribution in [-0.2, 0) is 9.47 Å². The second-order valence-corrected chi connectivity index (χ2v) is 5.87. The van der Waals surface area contributed by atoms with Crippen molar-refractivity contribution < 1.29 is 24.2 Å². The minimum atomic E-state index is -0.880. The van der Waals surface area contributed by atoms with Gasteiger partial charge in [0, 0.05) is 33.0 Å². The molecule has 0 atom stereocenters. The molecule has 138 valence electrons. The number of carbonyl (C=O) groups is 2. The van der Waals surface area contributed by atoms with Crippen molar-refractivity contribution >= 4 is 17.8 Å². The van der Waals surface area contributed by atoms with Gasteiger partial charge in [-0.15, -0.1) is 0 Å². The van der Waals surface area contributed by atoms with Crippen molar-refractivity contribution in [2.75, 3.05) is 39.2 Å². The van der Waals surface area contributed by atoms with Crippen LogP contribution in [0.3, 0.4) is 0 Å². The topological polar surface area (TPSA) is 100 Å². The number of methoxy groups -OCH3 is 2. The molecule has 1 aliphatic rings. The maximum Gasteiger partial charge on any atom is 0.407 e. The van der Waals surface area contributed by atoms with Gasteiger partial charge in [0.05, 0.1) is 6.54 Å². The molecule has 1 aromatic carbocycles. The molecule has 25 heavy (non-hydrogen) atoms. The van der Waals surface area contributed by atoms with Gasteiger partial charge in [0.15, 0.2) is 6.29 Å². The van der Waals surface area contributed by atoms with E-state index in [4.69, 9.17) is 14.6 Å². The number of carboxylic acid groups (broad SMARTS) is 1. The maximum atomic E-state index is 12.1. The van der Waals surface area contributed by atoms with Crippen molar-refractivity contribution in [3.63, 3.8) is 0 Å². The van der Waals surface area contributed by atoms with E-state index in [2.05, 4.69) is 10.6 Å². The molecule has 0 radical (unpaired) electrons. The van der Waals surface area contributed by atoms with Gasteiger partial charge in [0.2, 0.25) is 0 Å². The number of nitrogens with one attached hydrogen (secondary N) is 2. The Bertz CT molecular complexity index is 583. The van der Waals surface area contributed by atoms with Gasteiger partial charge in [0.25, 0.3) is 0 Å². The Balaban J connectivity index is 1.96. The summed E-state index contributed by atoms with van der Waals surface area (Å²) in [5.74, 6) is 0.220. The number of hydrogen-bond donors (Lipinski definition) is 3. The molecule has 0 unspecified atom stereocenters. The number of nitrogens with zero attached hydrogens (tertiary/aromatic N) is 1. The third-order valence-corrected chi connectivity index (χ3v) is 4.37. The highest BCUT2D eigenvalue weighted by Crippen LogP contribution is 2.32. The lowest BCUT2D eigenvalue weighted by Crippen LogP contribution is -2.38.